The molecule has 0 fully saturated rings. The second kappa shape index (κ2) is 10.9. The number of benzene rings is 7. The van der Waals surface area contributed by atoms with E-state index >= 15 is 4.57 Å². The first-order valence-corrected chi connectivity index (χ1v) is 17.5. The molecule has 0 aromatic heterocycles. The Morgan fingerprint density at radius 1 is 0.383 bits per heavy atom. The van der Waals surface area contributed by atoms with Crippen LogP contribution in [0.3, 0.4) is 0 Å². The lowest BCUT2D eigenvalue weighted by Crippen LogP contribution is -2.43. The SMILES string of the molecule is O=P12c3ccccc3N(c3ccccc3)c3cc(N(c4ccccc4)c4ccccc4)cc(c31)N(c1ccccc1)c1ccccc12. The zero-order chi connectivity index (χ0) is 31.4. The van der Waals surface area contributed by atoms with Gasteiger partial charge in [-0.2, -0.15) is 0 Å². The topological polar surface area (TPSA) is 26.8 Å². The maximum absolute atomic E-state index is 16.2. The van der Waals surface area contributed by atoms with Crippen molar-refractivity contribution in [1.82, 2.24) is 0 Å². The van der Waals surface area contributed by atoms with Crippen LogP contribution in [0.4, 0.5) is 51.2 Å². The summed E-state index contributed by atoms with van der Waals surface area (Å²) in [7, 11) is -3.33. The third-order valence-corrected chi connectivity index (χ3v) is 12.3. The number of anilines is 9. The summed E-state index contributed by atoms with van der Waals surface area (Å²) in [6.07, 6.45) is 0. The average molecular weight is 624 g/mol. The summed E-state index contributed by atoms with van der Waals surface area (Å²) in [6, 6.07) is 62.7. The van der Waals surface area contributed by atoms with Gasteiger partial charge in [-0.3, -0.25) is 0 Å². The van der Waals surface area contributed by atoms with Crippen LogP contribution in [0.5, 0.6) is 0 Å². The molecule has 0 spiro atoms. The summed E-state index contributed by atoms with van der Waals surface area (Å²) in [4.78, 5) is 6.87. The molecule has 0 bridgehead atoms. The lowest BCUT2D eigenvalue weighted by atomic mass is 10.1. The molecule has 2 aliphatic heterocycles. The first-order valence-electron chi connectivity index (χ1n) is 15.8. The molecule has 2 heterocycles. The zero-order valence-corrected chi connectivity index (χ0v) is 26.4. The van der Waals surface area contributed by atoms with Gasteiger partial charge in [-0.1, -0.05) is 97.1 Å². The van der Waals surface area contributed by atoms with E-state index in [9.17, 15) is 0 Å². The van der Waals surface area contributed by atoms with Crippen LogP contribution in [-0.2, 0) is 4.57 Å². The van der Waals surface area contributed by atoms with Gasteiger partial charge in [-0.15, -0.1) is 0 Å². The van der Waals surface area contributed by atoms with Crippen molar-refractivity contribution >= 4 is 74.2 Å². The molecular weight excluding hydrogens is 593 g/mol. The maximum Gasteiger partial charge on any atom is 0.179 e. The molecule has 0 atom stereocenters. The molecule has 0 aliphatic carbocycles. The van der Waals surface area contributed by atoms with Crippen molar-refractivity contribution in [3.05, 3.63) is 182 Å². The number of hydrogen-bond acceptors (Lipinski definition) is 4. The van der Waals surface area contributed by atoms with Crippen LogP contribution < -0.4 is 30.6 Å². The van der Waals surface area contributed by atoms with Crippen LogP contribution in [0.1, 0.15) is 0 Å². The van der Waals surface area contributed by atoms with Crippen LogP contribution in [-0.4, -0.2) is 0 Å². The normalized spacial score (nSPS) is 13.7. The molecule has 47 heavy (non-hydrogen) atoms. The first kappa shape index (κ1) is 27.5. The predicted molar refractivity (Wildman–Crippen MR) is 197 cm³/mol. The molecule has 0 amide bonds. The van der Waals surface area contributed by atoms with Gasteiger partial charge in [0.05, 0.1) is 33.7 Å². The summed E-state index contributed by atoms with van der Waals surface area (Å²) in [5.74, 6) is 0. The van der Waals surface area contributed by atoms with Crippen molar-refractivity contribution in [2.75, 3.05) is 14.7 Å². The van der Waals surface area contributed by atoms with Crippen LogP contribution in [0, 0.1) is 0 Å². The molecule has 7 aromatic rings. The van der Waals surface area contributed by atoms with Crippen molar-refractivity contribution in [3.8, 4) is 0 Å². The lowest BCUT2D eigenvalue weighted by Gasteiger charge is -2.45. The Morgan fingerprint density at radius 3 is 1.17 bits per heavy atom. The number of nitrogens with zero attached hydrogens (tertiary/aromatic N) is 3. The second-order valence-electron chi connectivity index (χ2n) is 11.8. The fraction of sp³-hybridized carbons (Fsp3) is 0. The quantitative estimate of drug-likeness (QED) is 0.178. The Hall–Kier alpha value is -5.83. The predicted octanol–water partition coefficient (Wildman–Crippen LogP) is 10.4. The Kier molecular flexibility index (Phi) is 6.38. The van der Waals surface area contributed by atoms with E-state index in [1.54, 1.807) is 0 Å². The lowest BCUT2D eigenvalue weighted by molar-refractivity contribution is 0.592. The van der Waals surface area contributed by atoms with Gasteiger partial charge in [0.1, 0.15) is 0 Å². The minimum absolute atomic E-state index is 0.854. The molecular formula is C42H30N3OP. The van der Waals surface area contributed by atoms with Crippen molar-refractivity contribution in [1.29, 1.82) is 0 Å². The van der Waals surface area contributed by atoms with Gasteiger partial charge >= 0.3 is 0 Å². The van der Waals surface area contributed by atoms with Gasteiger partial charge < -0.3 is 19.3 Å². The molecule has 0 saturated carbocycles. The number of hydrogen-bond donors (Lipinski definition) is 0. The molecule has 4 nitrogen and oxygen atoms in total. The Morgan fingerprint density at radius 2 is 0.745 bits per heavy atom. The standard InChI is InChI=1S/C42H30N3OP/c46-47-40-27-15-13-25-36(40)44(33-21-9-3-10-22-33)38-29-35(43(31-17-5-1-6-18-31)32-19-7-2-8-20-32)30-39(42(38)47)45(34-23-11-4-12-24-34)37-26-14-16-28-41(37)47/h1-30H. The third-order valence-electron chi connectivity index (χ3n) is 9.09. The van der Waals surface area contributed by atoms with Gasteiger partial charge in [0.25, 0.3) is 0 Å². The summed E-state index contributed by atoms with van der Waals surface area (Å²) in [6.45, 7) is 0. The molecule has 0 saturated heterocycles. The number of rotatable bonds is 5. The molecule has 7 aromatic carbocycles. The highest BCUT2D eigenvalue weighted by atomic mass is 31.2. The highest BCUT2D eigenvalue weighted by Gasteiger charge is 2.48. The van der Waals surface area contributed by atoms with E-state index in [2.05, 4.69) is 148 Å². The number of fused-ring (bicyclic) bond motifs is 4. The highest BCUT2D eigenvalue weighted by Crippen LogP contribution is 2.62. The summed E-state index contributed by atoms with van der Waals surface area (Å²) in [5, 5.41) is 2.56. The first-order chi connectivity index (χ1) is 23.2. The fourth-order valence-corrected chi connectivity index (χ4v) is 10.5. The maximum atomic E-state index is 16.2. The Balaban J connectivity index is 1.44. The molecule has 2 aliphatic rings. The smallest absolute Gasteiger partial charge is 0.179 e. The molecule has 224 valence electrons. The van der Waals surface area contributed by atoms with Crippen molar-refractivity contribution in [2.45, 2.75) is 0 Å². The van der Waals surface area contributed by atoms with E-state index in [0.717, 1.165) is 67.1 Å². The van der Waals surface area contributed by atoms with Gasteiger partial charge in [-0.05, 0) is 84.9 Å². The monoisotopic (exact) mass is 623 g/mol. The van der Waals surface area contributed by atoms with Crippen LogP contribution in [0.25, 0.3) is 0 Å². The van der Waals surface area contributed by atoms with E-state index in [4.69, 9.17) is 0 Å². The minimum Gasteiger partial charge on any atom is -0.310 e. The Bertz CT molecular complexity index is 2140. The van der Waals surface area contributed by atoms with Gasteiger partial charge in [0.2, 0.25) is 0 Å². The third kappa shape index (κ3) is 4.19. The molecule has 0 radical (unpaired) electrons. The van der Waals surface area contributed by atoms with Gasteiger partial charge in [0.15, 0.2) is 7.14 Å². The number of para-hydroxylation sites is 6. The van der Waals surface area contributed by atoms with Crippen LogP contribution in [0.2, 0.25) is 0 Å². The zero-order valence-electron chi connectivity index (χ0n) is 25.5. The van der Waals surface area contributed by atoms with Crippen LogP contribution in [0.15, 0.2) is 182 Å². The van der Waals surface area contributed by atoms with Crippen LogP contribution >= 0.6 is 7.14 Å². The van der Waals surface area contributed by atoms with Gasteiger partial charge in [-0.25, -0.2) is 0 Å². The molecule has 0 unspecified atom stereocenters. The van der Waals surface area contributed by atoms with Gasteiger partial charge in [0, 0.05) is 33.4 Å². The van der Waals surface area contributed by atoms with Crippen molar-refractivity contribution in [3.63, 3.8) is 0 Å². The summed E-state index contributed by atoms with van der Waals surface area (Å²) < 4.78 is 16.2. The summed E-state index contributed by atoms with van der Waals surface area (Å²) >= 11 is 0. The van der Waals surface area contributed by atoms with E-state index < -0.39 is 7.14 Å². The van der Waals surface area contributed by atoms with Crippen molar-refractivity contribution < 1.29 is 4.57 Å². The largest absolute Gasteiger partial charge is 0.310 e. The second-order valence-corrected chi connectivity index (χ2v) is 14.4. The van der Waals surface area contributed by atoms with E-state index in [1.807, 2.05) is 48.5 Å². The van der Waals surface area contributed by atoms with E-state index in [-0.39, 0.29) is 0 Å². The average Bonchev–Trinajstić information content (AvgIpc) is 3.14. The minimum atomic E-state index is -3.33. The molecule has 0 N–H and O–H groups in total. The van der Waals surface area contributed by atoms with E-state index in [1.165, 1.54) is 0 Å². The highest BCUT2D eigenvalue weighted by molar-refractivity contribution is 7.86. The van der Waals surface area contributed by atoms with Crippen molar-refractivity contribution in [2.24, 2.45) is 0 Å². The molecule has 5 heteroatoms. The van der Waals surface area contributed by atoms with E-state index in [0.29, 0.717) is 0 Å². The summed E-state index contributed by atoms with van der Waals surface area (Å²) in [5.41, 5.74) is 8.79. The molecule has 9 rings (SSSR count). The fourth-order valence-electron chi connectivity index (χ4n) is 7.16. The Labute approximate surface area is 274 Å².